The van der Waals surface area contributed by atoms with Crippen molar-refractivity contribution in [2.75, 3.05) is 31.6 Å². The Morgan fingerprint density at radius 1 is 1.79 bits per heavy atom. The summed E-state index contributed by atoms with van der Waals surface area (Å²) in [4.78, 5) is 16.3. The first-order chi connectivity index (χ1) is 6.65. The summed E-state index contributed by atoms with van der Waals surface area (Å²) >= 11 is 1.74. The fourth-order valence-electron chi connectivity index (χ4n) is 1.48. The Morgan fingerprint density at radius 2 is 2.50 bits per heavy atom. The molecule has 14 heavy (non-hydrogen) atoms. The lowest BCUT2D eigenvalue weighted by Gasteiger charge is -2.23. The van der Waals surface area contributed by atoms with Gasteiger partial charge in [0.1, 0.15) is 0 Å². The lowest BCUT2D eigenvalue weighted by Crippen LogP contribution is -2.39. The molecule has 0 spiro atoms. The highest BCUT2D eigenvalue weighted by Gasteiger charge is 2.26. The summed E-state index contributed by atoms with van der Waals surface area (Å²) in [5, 5.41) is 10.4. The van der Waals surface area contributed by atoms with Crippen LogP contribution in [0.2, 0.25) is 0 Å². The number of hydrogen-bond donors (Lipinski definition) is 0. The van der Waals surface area contributed by atoms with Gasteiger partial charge in [-0.2, -0.15) is 11.8 Å². The van der Waals surface area contributed by atoms with E-state index in [0.717, 1.165) is 12.3 Å². The maximum absolute atomic E-state index is 10.4. The molecule has 0 aliphatic carbocycles. The van der Waals surface area contributed by atoms with Gasteiger partial charge in [0.2, 0.25) is 0 Å². The molecule has 0 saturated heterocycles. The molecule has 1 heterocycles. The lowest BCUT2D eigenvalue weighted by atomic mass is 10.3. The SMILES string of the molecule is CSCCN1C(C[N+](=O)[O-])=NCC1C. The number of rotatable bonds is 5. The van der Waals surface area contributed by atoms with Crippen LogP contribution in [0.3, 0.4) is 0 Å². The van der Waals surface area contributed by atoms with Gasteiger partial charge < -0.3 is 4.90 Å². The molecule has 0 aromatic carbocycles. The van der Waals surface area contributed by atoms with Gasteiger partial charge in [0.05, 0.1) is 6.54 Å². The van der Waals surface area contributed by atoms with Crippen LogP contribution < -0.4 is 0 Å². The third-order valence-electron chi connectivity index (χ3n) is 2.21. The van der Waals surface area contributed by atoms with Crippen molar-refractivity contribution in [3.05, 3.63) is 10.1 Å². The zero-order valence-electron chi connectivity index (χ0n) is 8.47. The number of thioether (sulfide) groups is 1. The van der Waals surface area contributed by atoms with Crippen LogP contribution in [-0.4, -0.2) is 53.3 Å². The second kappa shape index (κ2) is 5.19. The fourth-order valence-corrected chi connectivity index (χ4v) is 1.86. The Hall–Kier alpha value is -0.780. The second-order valence-electron chi connectivity index (χ2n) is 3.28. The summed E-state index contributed by atoms with van der Waals surface area (Å²) in [6, 6.07) is 0.317. The van der Waals surface area contributed by atoms with E-state index in [-0.39, 0.29) is 11.5 Å². The molecule has 6 heteroatoms. The third-order valence-corrected chi connectivity index (χ3v) is 2.80. The van der Waals surface area contributed by atoms with E-state index in [0.29, 0.717) is 18.4 Å². The summed E-state index contributed by atoms with van der Waals surface area (Å²) < 4.78 is 0. The summed E-state index contributed by atoms with van der Waals surface area (Å²) in [6.07, 6.45) is 2.03. The largest absolute Gasteiger partial charge is 0.349 e. The first-order valence-corrected chi connectivity index (χ1v) is 5.95. The summed E-state index contributed by atoms with van der Waals surface area (Å²) in [6.45, 7) is 3.46. The van der Waals surface area contributed by atoms with Gasteiger partial charge in [-0.25, -0.2) is 0 Å². The quantitative estimate of drug-likeness (QED) is 0.503. The fraction of sp³-hybridized carbons (Fsp3) is 0.875. The molecule has 0 fully saturated rings. The maximum atomic E-state index is 10.4. The molecule has 1 aliphatic heterocycles. The van der Waals surface area contributed by atoms with Crippen LogP contribution >= 0.6 is 11.8 Å². The average molecular weight is 217 g/mol. The standard InChI is InChI=1S/C8H15N3O2S/c1-7-5-9-8(6-11(12)13)10(7)3-4-14-2/h7H,3-6H2,1-2H3. The van der Waals surface area contributed by atoms with Crippen molar-refractivity contribution < 1.29 is 4.92 Å². The Kier molecular flexibility index (Phi) is 4.19. The summed E-state index contributed by atoms with van der Waals surface area (Å²) in [7, 11) is 0. The van der Waals surface area contributed by atoms with Crippen molar-refractivity contribution in [3.8, 4) is 0 Å². The first-order valence-electron chi connectivity index (χ1n) is 4.56. The number of amidine groups is 1. The van der Waals surface area contributed by atoms with Gasteiger partial charge in [0.15, 0.2) is 5.84 Å². The van der Waals surface area contributed by atoms with E-state index in [9.17, 15) is 10.1 Å². The zero-order chi connectivity index (χ0) is 10.6. The second-order valence-corrected chi connectivity index (χ2v) is 4.27. The topological polar surface area (TPSA) is 58.7 Å². The molecular formula is C8H15N3O2S. The Labute approximate surface area is 87.7 Å². The smallest absolute Gasteiger partial charge is 0.260 e. The van der Waals surface area contributed by atoms with Crippen molar-refractivity contribution in [2.45, 2.75) is 13.0 Å². The van der Waals surface area contributed by atoms with Crippen LogP contribution in [0.4, 0.5) is 0 Å². The Morgan fingerprint density at radius 3 is 3.07 bits per heavy atom. The van der Waals surface area contributed by atoms with E-state index in [2.05, 4.69) is 11.9 Å². The minimum Gasteiger partial charge on any atom is -0.349 e. The van der Waals surface area contributed by atoms with Gasteiger partial charge in [-0.1, -0.05) is 0 Å². The molecule has 0 bridgehead atoms. The molecule has 0 radical (unpaired) electrons. The monoisotopic (exact) mass is 217 g/mol. The van der Waals surface area contributed by atoms with E-state index in [1.165, 1.54) is 0 Å². The van der Waals surface area contributed by atoms with Crippen LogP contribution in [0.5, 0.6) is 0 Å². The molecule has 0 aromatic heterocycles. The van der Waals surface area contributed by atoms with Gasteiger partial charge in [-0.15, -0.1) is 0 Å². The predicted molar refractivity (Wildman–Crippen MR) is 58.7 cm³/mol. The van der Waals surface area contributed by atoms with Crippen LogP contribution in [-0.2, 0) is 0 Å². The van der Waals surface area contributed by atoms with Crippen molar-refractivity contribution in [2.24, 2.45) is 4.99 Å². The summed E-state index contributed by atoms with van der Waals surface area (Å²) in [5.74, 6) is 1.62. The Balaban J connectivity index is 2.51. The molecule has 0 saturated carbocycles. The highest BCUT2D eigenvalue weighted by molar-refractivity contribution is 7.98. The molecular weight excluding hydrogens is 202 g/mol. The number of nitro groups is 1. The first kappa shape index (κ1) is 11.3. The number of nitrogens with zero attached hydrogens (tertiary/aromatic N) is 3. The third kappa shape index (κ3) is 2.87. The van der Waals surface area contributed by atoms with Crippen molar-refractivity contribution >= 4 is 17.6 Å². The molecule has 80 valence electrons. The molecule has 1 atom stereocenters. The predicted octanol–water partition coefficient (Wildman–Crippen LogP) is 0.729. The Bertz CT molecular complexity index is 245. The average Bonchev–Trinajstić information content (AvgIpc) is 2.44. The normalized spacial score (nSPS) is 21.1. The molecule has 0 N–H and O–H groups in total. The van der Waals surface area contributed by atoms with Gasteiger partial charge in [0.25, 0.3) is 6.54 Å². The van der Waals surface area contributed by atoms with Gasteiger partial charge in [-0.05, 0) is 13.2 Å². The van der Waals surface area contributed by atoms with Crippen LogP contribution in [0, 0.1) is 10.1 Å². The highest BCUT2D eigenvalue weighted by atomic mass is 32.2. The molecule has 0 amide bonds. The van der Waals surface area contributed by atoms with E-state index in [1.54, 1.807) is 11.8 Å². The summed E-state index contributed by atoms with van der Waals surface area (Å²) in [5.41, 5.74) is 0. The number of aliphatic imine (C=N–C) groups is 1. The molecule has 1 unspecified atom stereocenters. The van der Waals surface area contributed by atoms with Crippen LogP contribution in [0.25, 0.3) is 0 Å². The zero-order valence-corrected chi connectivity index (χ0v) is 9.29. The molecule has 5 nitrogen and oxygen atoms in total. The number of hydrogen-bond acceptors (Lipinski definition) is 5. The maximum Gasteiger partial charge on any atom is 0.260 e. The van der Waals surface area contributed by atoms with Gasteiger partial charge >= 0.3 is 0 Å². The van der Waals surface area contributed by atoms with E-state index < -0.39 is 0 Å². The molecule has 1 rings (SSSR count). The molecule has 0 aromatic rings. The van der Waals surface area contributed by atoms with Crippen molar-refractivity contribution in [1.82, 2.24) is 4.90 Å². The van der Waals surface area contributed by atoms with E-state index >= 15 is 0 Å². The highest BCUT2D eigenvalue weighted by Crippen LogP contribution is 2.11. The van der Waals surface area contributed by atoms with Gasteiger partial charge in [0, 0.05) is 23.3 Å². The van der Waals surface area contributed by atoms with Gasteiger partial charge in [-0.3, -0.25) is 15.1 Å². The van der Waals surface area contributed by atoms with E-state index in [1.807, 2.05) is 11.2 Å². The van der Waals surface area contributed by atoms with Crippen molar-refractivity contribution in [3.63, 3.8) is 0 Å². The minimum absolute atomic E-state index is 0.140. The van der Waals surface area contributed by atoms with Crippen molar-refractivity contribution in [1.29, 1.82) is 0 Å². The minimum atomic E-state index is -0.317. The molecule has 1 aliphatic rings. The van der Waals surface area contributed by atoms with Crippen LogP contribution in [0.15, 0.2) is 4.99 Å². The lowest BCUT2D eigenvalue weighted by molar-refractivity contribution is -0.464. The van der Waals surface area contributed by atoms with E-state index in [4.69, 9.17) is 0 Å². The van der Waals surface area contributed by atoms with Crippen LogP contribution in [0.1, 0.15) is 6.92 Å².